The number of nitrogens with zero attached hydrogens (tertiary/aromatic N) is 3. The van der Waals surface area contributed by atoms with Crippen molar-refractivity contribution in [3.05, 3.63) is 65.2 Å². The van der Waals surface area contributed by atoms with Gasteiger partial charge in [-0.05, 0) is 48.6 Å². The number of hydrogen-bond donors (Lipinski definition) is 0. The number of anilines is 1. The summed E-state index contributed by atoms with van der Waals surface area (Å²) in [5.74, 6) is 0.255. The quantitative estimate of drug-likeness (QED) is 0.689. The van der Waals surface area contributed by atoms with Crippen LogP contribution in [0, 0.1) is 0 Å². The molecule has 4 rings (SSSR count). The molecule has 2 aromatic carbocycles. The van der Waals surface area contributed by atoms with Gasteiger partial charge in [0.15, 0.2) is 0 Å². The number of hydrogen-bond acceptors (Lipinski definition) is 5. The van der Waals surface area contributed by atoms with E-state index in [1.165, 1.54) is 16.8 Å². The van der Waals surface area contributed by atoms with Crippen LogP contribution < -0.4 is 4.90 Å². The Hall–Kier alpha value is -2.86. The van der Waals surface area contributed by atoms with Crippen LogP contribution in [0.5, 0.6) is 0 Å². The summed E-state index contributed by atoms with van der Waals surface area (Å²) in [7, 11) is 0. The van der Waals surface area contributed by atoms with E-state index in [1.807, 2.05) is 35.2 Å². The van der Waals surface area contributed by atoms with Crippen molar-refractivity contribution in [3.63, 3.8) is 0 Å². The number of ether oxygens (including phenoxy) is 1. The molecular weight excluding hydrogens is 402 g/mol. The first kappa shape index (κ1) is 22.3. The lowest BCUT2D eigenvalue weighted by Crippen LogP contribution is -2.46. The molecule has 0 N–H and O–H groups in total. The molecule has 0 aliphatic carbocycles. The van der Waals surface area contributed by atoms with E-state index in [4.69, 9.17) is 4.74 Å². The first-order chi connectivity index (χ1) is 15.6. The van der Waals surface area contributed by atoms with Gasteiger partial charge in [0.25, 0.3) is 0 Å². The fourth-order valence-corrected chi connectivity index (χ4v) is 4.46. The Labute approximate surface area is 190 Å². The molecule has 1 fully saturated rings. The Balaban J connectivity index is 1.36. The molecule has 32 heavy (non-hydrogen) atoms. The second-order valence-electron chi connectivity index (χ2n) is 8.80. The number of carbonyl (C=O) groups excluding carboxylic acids is 2. The van der Waals surface area contributed by atoms with Crippen LogP contribution in [0.25, 0.3) is 0 Å². The zero-order chi connectivity index (χ0) is 22.3. The Kier molecular flexibility index (Phi) is 7.43. The van der Waals surface area contributed by atoms with Crippen LogP contribution in [0.4, 0.5) is 10.5 Å². The lowest BCUT2D eigenvalue weighted by molar-refractivity contribution is -0.117. The fraction of sp³-hybridized carbons (Fsp3) is 0.462. The third-order valence-electron chi connectivity index (χ3n) is 6.41. The number of fused-ring (bicyclic) bond motifs is 1. The van der Waals surface area contributed by atoms with Crippen molar-refractivity contribution in [2.45, 2.75) is 39.3 Å². The zero-order valence-corrected chi connectivity index (χ0v) is 19.0. The highest BCUT2D eigenvalue weighted by Gasteiger charge is 2.22. The monoisotopic (exact) mass is 435 g/mol. The number of amides is 1. The van der Waals surface area contributed by atoms with E-state index in [2.05, 4.69) is 28.0 Å². The number of benzene rings is 2. The van der Waals surface area contributed by atoms with Gasteiger partial charge in [-0.15, -0.1) is 0 Å². The molecule has 2 aromatic rings. The minimum absolute atomic E-state index is 0.244. The van der Waals surface area contributed by atoms with Crippen LogP contribution in [-0.4, -0.2) is 60.9 Å². The predicted octanol–water partition coefficient (Wildman–Crippen LogP) is 3.87. The molecule has 2 aliphatic heterocycles. The summed E-state index contributed by atoms with van der Waals surface area (Å²) in [6, 6.07) is 16.5. The molecular formula is C26H33N3O3. The number of ketones is 1. The lowest BCUT2D eigenvalue weighted by Gasteiger charge is -2.36. The minimum Gasteiger partial charge on any atom is -0.445 e. The van der Waals surface area contributed by atoms with Crippen LogP contribution in [-0.2, 0) is 29.1 Å². The molecule has 6 heteroatoms. The predicted molar refractivity (Wildman–Crippen MR) is 126 cm³/mol. The Bertz CT molecular complexity index is 923. The van der Waals surface area contributed by atoms with Crippen LogP contribution in [0.3, 0.4) is 0 Å². The summed E-state index contributed by atoms with van der Waals surface area (Å²) in [5.41, 5.74) is 4.76. The Morgan fingerprint density at radius 3 is 2.47 bits per heavy atom. The van der Waals surface area contributed by atoms with E-state index in [0.717, 1.165) is 51.1 Å². The molecule has 2 heterocycles. The van der Waals surface area contributed by atoms with Gasteiger partial charge in [-0.25, -0.2) is 4.79 Å². The summed E-state index contributed by atoms with van der Waals surface area (Å²) < 4.78 is 5.58. The van der Waals surface area contributed by atoms with Gasteiger partial charge in [0.1, 0.15) is 12.4 Å². The van der Waals surface area contributed by atoms with Gasteiger partial charge in [-0.2, -0.15) is 0 Å². The molecule has 0 spiro atoms. The summed E-state index contributed by atoms with van der Waals surface area (Å²) in [5, 5.41) is 0. The first-order valence-electron chi connectivity index (χ1n) is 11.6. The first-order valence-corrected chi connectivity index (χ1v) is 11.6. The highest BCUT2D eigenvalue weighted by atomic mass is 16.6. The van der Waals surface area contributed by atoms with Crippen LogP contribution in [0.1, 0.15) is 36.5 Å². The molecule has 6 nitrogen and oxygen atoms in total. The Morgan fingerprint density at radius 2 is 1.72 bits per heavy atom. The maximum atomic E-state index is 12.7. The van der Waals surface area contributed by atoms with E-state index < -0.39 is 0 Å². The summed E-state index contributed by atoms with van der Waals surface area (Å²) in [6.45, 7) is 7.99. The third kappa shape index (κ3) is 5.88. The van der Waals surface area contributed by atoms with Crippen molar-refractivity contribution < 1.29 is 14.3 Å². The van der Waals surface area contributed by atoms with E-state index in [0.29, 0.717) is 26.1 Å². The van der Waals surface area contributed by atoms with Crippen LogP contribution in [0.15, 0.2) is 48.5 Å². The maximum Gasteiger partial charge on any atom is 0.410 e. The second-order valence-corrected chi connectivity index (χ2v) is 8.80. The second kappa shape index (κ2) is 10.6. The Morgan fingerprint density at radius 1 is 0.938 bits per heavy atom. The van der Waals surface area contributed by atoms with Crippen LogP contribution in [0.2, 0.25) is 0 Å². The minimum atomic E-state index is -0.244. The SMILES string of the molecule is CC(=O)CCN1CCN(c2ccc3c(c2)CN(C(=O)OCc2ccccc2)CCC3)CC1. The zero-order valence-electron chi connectivity index (χ0n) is 19.0. The van der Waals surface area contributed by atoms with E-state index >= 15 is 0 Å². The van der Waals surface area contributed by atoms with Gasteiger partial charge in [0.05, 0.1) is 0 Å². The smallest absolute Gasteiger partial charge is 0.410 e. The third-order valence-corrected chi connectivity index (χ3v) is 6.41. The topological polar surface area (TPSA) is 53.1 Å². The average molecular weight is 436 g/mol. The van der Waals surface area contributed by atoms with Gasteiger partial charge in [0, 0.05) is 57.9 Å². The highest BCUT2D eigenvalue weighted by Crippen LogP contribution is 2.26. The number of piperazine rings is 1. The highest BCUT2D eigenvalue weighted by molar-refractivity contribution is 5.75. The molecule has 1 saturated heterocycles. The maximum absolute atomic E-state index is 12.7. The van der Waals surface area contributed by atoms with Gasteiger partial charge in [-0.1, -0.05) is 36.4 Å². The molecule has 1 amide bonds. The molecule has 170 valence electrons. The number of Topliss-reactive ketones (excluding diaryl/α,β-unsaturated/α-hetero) is 1. The largest absolute Gasteiger partial charge is 0.445 e. The van der Waals surface area contributed by atoms with Crippen molar-refractivity contribution >= 4 is 17.6 Å². The van der Waals surface area contributed by atoms with Gasteiger partial charge < -0.3 is 14.5 Å². The van der Waals surface area contributed by atoms with Crippen molar-refractivity contribution in [3.8, 4) is 0 Å². The van der Waals surface area contributed by atoms with Gasteiger partial charge in [0.2, 0.25) is 0 Å². The molecule has 0 atom stereocenters. The molecule has 0 aromatic heterocycles. The van der Waals surface area contributed by atoms with Crippen molar-refractivity contribution in [2.75, 3.05) is 44.2 Å². The van der Waals surface area contributed by atoms with Crippen molar-refractivity contribution in [1.29, 1.82) is 0 Å². The molecule has 0 saturated carbocycles. The summed E-state index contributed by atoms with van der Waals surface area (Å²) >= 11 is 0. The van der Waals surface area contributed by atoms with Crippen molar-refractivity contribution in [1.82, 2.24) is 9.80 Å². The average Bonchev–Trinajstić information content (AvgIpc) is 3.04. The number of aryl methyl sites for hydroxylation is 1. The van der Waals surface area contributed by atoms with E-state index in [1.54, 1.807) is 6.92 Å². The standard InChI is InChI=1S/C26H33N3O3/c1-21(30)11-13-27-14-16-28(17-15-27)25-10-9-23-8-5-12-29(19-24(23)18-25)26(31)32-20-22-6-3-2-4-7-22/h2-4,6-7,9-10,18H,5,8,11-17,19-20H2,1H3. The molecule has 0 radical (unpaired) electrons. The van der Waals surface area contributed by atoms with Crippen LogP contribution >= 0.6 is 0 Å². The number of carbonyl (C=O) groups is 2. The molecule has 0 bridgehead atoms. The molecule has 2 aliphatic rings. The van der Waals surface area contributed by atoms with Gasteiger partial charge in [-0.3, -0.25) is 9.69 Å². The van der Waals surface area contributed by atoms with E-state index in [-0.39, 0.29) is 11.9 Å². The lowest BCUT2D eigenvalue weighted by atomic mass is 10.0. The van der Waals surface area contributed by atoms with E-state index in [9.17, 15) is 9.59 Å². The fourth-order valence-electron chi connectivity index (χ4n) is 4.46. The summed E-state index contributed by atoms with van der Waals surface area (Å²) in [6.07, 6.45) is 2.32. The summed E-state index contributed by atoms with van der Waals surface area (Å²) in [4.78, 5) is 30.6. The number of rotatable bonds is 6. The van der Waals surface area contributed by atoms with Crippen molar-refractivity contribution in [2.24, 2.45) is 0 Å². The molecule has 0 unspecified atom stereocenters. The van der Waals surface area contributed by atoms with Gasteiger partial charge >= 0.3 is 6.09 Å². The normalized spacial score (nSPS) is 16.9.